The second kappa shape index (κ2) is 6.07. The normalized spacial score (nSPS) is 18.5. The average Bonchev–Trinajstić information content (AvgIpc) is 2.93. The molecule has 1 N–H and O–H groups in total. The van der Waals surface area contributed by atoms with E-state index in [1.165, 1.54) is 10.9 Å². The minimum Gasteiger partial charge on any atom is -0.357 e. The van der Waals surface area contributed by atoms with Crippen molar-refractivity contribution >= 4 is 22.5 Å². The highest BCUT2D eigenvalue weighted by molar-refractivity contribution is 6.28. The molecule has 1 aromatic carbocycles. The van der Waals surface area contributed by atoms with Gasteiger partial charge >= 0.3 is 0 Å². The molecule has 0 bridgehead atoms. The Labute approximate surface area is 151 Å². The molecular formula is C19H20ClFN4. The van der Waals surface area contributed by atoms with Gasteiger partial charge in [-0.15, -0.1) is 0 Å². The van der Waals surface area contributed by atoms with Crippen LogP contribution in [0, 0.1) is 0 Å². The fourth-order valence-corrected chi connectivity index (χ4v) is 3.88. The molecule has 1 aliphatic heterocycles. The largest absolute Gasteiger partial charge is 0.357 e. The Morgan fingerprint density at radius 3 is 2.72 bits per heavy atom. The van der Waals surface area contributed by atoms with E-state index in [1.54, 1.807) is 26.2 Å². The molecular weight excluding hydrogens is 339 g/mol. The lowest BCUT2D eigenvalue weighted by Gasteiger charge is -2.38. The van der Waals surface area contributed by atoms with Gasteiger partial charge in [0.05, 0.1) is 6.04 Å². The summed E-state index contributed by atoms with van der Waals surface area (Å²) in [6.07, 6.45) is 4.36. The van der Waals surface area contributed by atoms with Crippen molar-refractivity contribution < 1.29 is 4.39 Å². The van der Waals surface area contributed by atoms with E-state index in [9.17, 15) is 4.39 Å². The van der Waals surface area contributed by atoms with Crippen molar-refractivity contribution in [3.63, 3.8) is 0 Å². The van der Waals surface area contributed by atoms with E-state index in [1.807, 2.05) is 12.1 Å². The molecule has 0 fully saturated rings. The summed E-state index contributed by atoms with van der Waals surface area (Å²) in [5.41, 5.74) is 3.13. The predicted octanol–water partition coefficient (Wildman–Crippen LogP) is 4.31. The van der Waals surface area contributed by atoms with Crippen LogP contribution in [0.1, 0.15) is 36.7 Å². The number of nitrogens with one attached hydrogen (secondary N) is 1. The van der Waals surface area contributed by atoms with E-state index in [2.05, 4.69) is 32.0 Å². The van der Waals surface area contributed by atoms with Gasteiger partial charge in [0.2, 0.25) is 5.28 Å². The maximum absolute atomic E-state index is 14.4. The van der Waals surface area contributed by atoms with Crippen molar-refractivity contribution in [3.05, 3.63) is 58.8 Å². The van der Waals surface area contributed by atoms with Crippen molar-refractivity contribution in [1.82, 2.24) is 19.9 Å². The number of halogens is 2. The summed E-state index contributed by atoms with van der Waals surface area (Å²) in [7, 11) is 0. The van der Waals surface area contributed by atoms with E-state index in [0.29, 0.717) is 6.54 Å². The zero-order chi connectivity index (χ0) is 17.6. The number of fused-ring (bicyclic) bond motifs is 3. The summed E-state index contributed by atoms with van der Waals surface area (Å²) in [4.78, 5) is 14.0. The molecule has 1 aliphatic rings. The van der Waals surface area contributed by atoms with Gasteiger partial charge in [0.1, 0.15) is 5.67 Å². The van der Waals surface area contributed by atoms with Gasteiger partial charge in [0.15, 0.2) is 0 Å². The van der Waals surface area contributed by atoms with Crippen LogP contribution in [0.3, 0.4) is 0 Å². The van der Waals surface area contributed by atoms with Crippen molar-refractivity contribution in [3.8, 4) is 0 Å². The number of rotatable bonds is 3. The lowest BCUT2D eigenvalue weighted by molar-refractivity contribution is 0.0986. The first-order valence-corrected chi connectivity index (χ1v) is 8.80. The van der Waals surface area contributed by atoms with Crippen LogP contribution in [-0.4, -0.2) is 38.6 Å². The van der Waals surface area contributed by atoms with E-state index in [0.717, 1.165) is 29.7 Å². The van der Waals surface area contributed by atoms with Crippen LogP contribution >= 0.6 is 11.6 Å². The summed E-state index contributed by atoms with van der Waals surface area (Å²) < 4.78 is 14.4. The highest BCUT2D eigenvalue weighted by atomic mass is 35.5. The van der Waals surface area contributed by atoms with Gasteiger partial charge in [-0.1, -0.05) is 18.2 Å². The molecule has 4 nitrogen and oxygen atoms in total. The minimum absolute atomic E-state index is 0.108. The van der Waals surface area contributed by atoms with Crippen LogP contribution in [0.25, 0.3) is 10.9 Å². The number of H-pyrrole nitrogens is 1. The quantitative estimate of drug-likeness (QED) is 0.710. The number of aromatic amines is 1. The Balaban J connectivity index is 1.85. The van der Waals surface area contributed by atoms with E-state index < -0.39 is 5.67 Å². The van der Waals surface area contributed by atoms with Gasteiger partial charge in [-0.25, -0.2) is 14.4 Å². The molecule has 3 aromatic rings. The first kappa shape index (κ1) is 16.5. The molecule has 0 saturated carbocycles. The lowest BCUT2D eigenvalue weighted by Crippen LogP contribution is -2.42. The number of para-hydroxylation sites is 1. The Morgan fingerprint density at radius 1 is 1.28 bits per heavy atom. The molecule has 25 heavy (non-hydrogen) atoms. The van der Waals surface area contributed by atoms with Crippen molar-refractivity contribution in [1.29, 1.82) is 0 Å². The number of aromatic nitrogens is 3. The number of alkyl halides is 1. The van der Waals surface area contributed by atoms with Crippen LogP contribution in [0.2, 0.25) is 5.28 Å². The third kappa shape index (κ3) is 3.14. The second-order valence-corrected chi connectivity index (χ2v) is 7.53. The first-order chi connectivity index (χ1) is 11.9. The fourth-order valence-electron chi connectivity index (χ4n) is 3.78. The molecule has 3 heterocycles. The van der Waals surface area contributed by atoms with Crippen LogP contribution in [0.15, 0.2) is 36.7 Å². The molecule has 2 aromatic heterocycles. The Kier molecular flexibility index (Phi) is 4.01. The van der Waals surface area contributed by atoms with Crippen LogP contribution in [-0.2, 0) is 6.42 Å². The van der Waals surface area contributed by atoms with E-state index >= 15 is 0 Å². The second-order valence-electron chi connectivity index (χ2n) is 7.19. The number of hydrogen-bond donors (Lipinski definition) is 1. The average molecular weight is 359 g/mol. The summed E-state index contributed by atoms with van der Waals surface area (Å²) in [5.74, 6) is 0. The third-order valence-corrected chi connectivity index (χ3v) is 4.86. The zero-order valence-corrected chi connectivity index (χ0v) is 15.0. The fraction of sp³-hybridized carbons (Fsp3) is 0.368. The zero-order valence-electron chi connectivity index (χ0n) is 14.3. The van der Waals surface area contributed by atoms with Gasteiger partial charge in [0.25, 0.3) is 0 Å². The van der Waals surface area contributed by atoms with Crippen LogP contribution < -0.4 is 0 Å². The standard InChI is InChI=1S/C19H20ClFN4/c1-19(2,21)11-25-8-7-14-13-5-3-4-6-15(13)24-16(14)17(25)12-9-22-18(20)23-10-12/h3-6,9-10,17,24H,7-8,11H2,1-2H3. The predicted molar refractivity (Wildman–Crippen MR) is 97.6 cm³/mol. The Hall–Kier alpha value is -1.98. The summed E-state index contributed by atoms with van der Waals surface area (Å²) >= 11 is 5.85. The number of benzene rings is 1. The molecule has 0 aliphatic carbocycles. The molecule has 0 radical (unpaired) electrons. The SMILES string of the molecule is CC(C)(F)CN1CCc2c([nH]c3ccccc23)C1c1cnc(Cl)nc1. The maximum Gasteiger partial charge on any atom is 0.222 e. The van der Waals surface area contributed by atoms with Crippen LogP contribution in [0.4, 0.5) is 4.39 Å². The minimum atomic E-state index is -1.28. The first-order valence-electron chi connectivity index (χ1n) is 8.42. The summed E-state index contributed by atoms with van der Waals surface area (Å²) in [6, 6.07) is 8.17. The Bertz CT molecular complexity index is 898. The summed E-state index contributed by atoms with van der Waals surface area (Å²) in [5, 5.41) is 1.45. The van der Waals surface area contributed by atoms with Gasteiger partial charge < -0.3 is 4.98 Å². The molecule has 0 saturated heterocycles. The van der Waals surface area contributed by atoms with E-state index in [4.69, 9.17) is 11.6 Å². The van der Waals surface area contributed by atoms with Gasteiger partial charge in [-0.3, -0.25) is 4.90 Å². The Morgan fingerprint density at radius 2 is 2.00 bits per heavy atom. The third-order valence-electron chi connectivity index (χ3n) is 4.67. The van der Waals surface area contributed by atoms with Crippen molar-refractivity contribution in [2.75, 3.05) is 13.1 Å². The lowest BCUT2D eigenvalue weighted by atomic mass is 9.92. The topological polar surface area (TPSA) is 44.8 Å². The maximum atomic E-state index is 14.4. The van der Waals surface area contributed by atoms with E-state index in [-0.39, 0.29) is 11.3 Å². The molecule has 1 unspecified atom stereocenters. The molecule has 6 heteroatoms. The number of nitrogens with zero attached hydrogens (tertiary/aromatic N) is 3. The molecule has 0 spiro atoms. The van der Waals surface area contributed by atoms with Gasteiger partial charge in [-0.05, 0) is 43.5 Å². The highest BCUT2D eigenvalue weighted by Crippen LogP contribution is 2.38. The smallest absolute Gasteiger partial charge is 0.222 e. The molecule has 1 atom stereocenters. The van der Waals surface area contributed by atoms with Crippen molar-refractivity contribution in [2.45, 2.75) is 32.0 Å². The molecule has 130 valence electrons. The molecule has 4 rings (SSSR count). The summed E-state index contributed by atoms with van der Waals surface area (Å²) in [6.45, 7) is 4.36. The van der Waals surface area contributed by atoms with Crippen molar-refractivity contribution in [2.24, 2.45) is 0 Å². The monoisotopic (exact) mass is 358 g/mol. The van der Waals surface area contributed by atoms with Crippen LogP contribution in [0.5, 0.6) is 0 Å². The van der Waals surface area contributed by atoms with Gasteiger partial charge in [-0.2, -0.15) is 0 Å². The highest BCUT2D eigenvalue weighted by Gasteiger charge is 2.35. The molecule has 0 amide bonds. The number of hydrogen-bond acceptors (Lipinski definition) is 3. The van der Waals surface area contributed by atoms with Gasteiger partial charge in [0, 0.05) is 47.6 Å².